The summed E-state index contributed by atoms with van der Waals surface area (Å²) in [6, 6.07) is 23.8. The summed E-state index contributed by atoms with van der Waals surface area (Å²) in [6.45, 7) is -0.859. The fraction of sp³-hybridized carbons (Fsp3) is 0.308. The summed E-state index contributed by atoms with van der Waals surface area (Å²) in [7, 11) is 0. The molecule has 0 spiro atoms. The van der Waals surface area contributed by atoms with Crippen molar-refractivity contribution >= 4 is 53.5 Å². The summed E-state index contributed by atoms with van der Waals surface area (Å²) in [6.07, 6.45) is 0.176. The summed E-state index contributed by atoms with van der Waals surface area (Å²) >= 11 is 0. The van der Waals surface area contributed by atoms with Crippen LogP contribution in [0, 0.1) is 17.8 Å². The van der Waals surface area contributed by atoms with Crippen molar-refractivity contribution in [2.45, 2.75) is 19.3 Å². The van der Waals surface area contributed by atoms with Crippen molar-refractivity contribution in [1.29, 1.82) is 0 Å². The lowest BCUT2D eigenvalue weighted by Crippen LogP contribution is -2.61. The summed E-state index contributed by atoms with van der Waals surface area (Å²) in [5.74, 6) is -7.82. The minimum atomic E-state index is -1.17. The first-order chi connectivity index (χ1) is 26.5. The van der Waals surface area contributed by atoms with Crippen molar-refractivity contribution < 1.29 is 43.2 Å². The molecule has 0 aromatic heterocycles. The highest BCUT2D eigenvalue weighted by atomic mass is 16.2. The van der Waals surface area contributed by atoms with E-state index >= 15 is 0 Å². The van der Waals surface area contributed by atoms with Gasteiger partial charge in [0.2, 0.25) is 35.4 Å². The molecule has 3 aromatic rings. The Labute approximate surface area is 315 Å². The molecule has 3 unspecified atom stereocenters. The Morgan fingerprint density at radius 3 is 0.909 bits per heavy atom. The molecule has 284 valence electrons. The van der Waals surface area contributed by atoms with Crippen molar-refractivity contribution in [2.24, 2.45) is 17.8 Å². The van der Waals surface area contributed by atoms with Gasteiger partial charge in [-0.15, -0.1) is 0 Å². The quantitative estimate of drug-likeness (QED) is 0.189. The van der Waals surface area contributed by atoms with Gasteiger partial charge in [0.1, 0.15) is 17.8 Å². The average Bonchev–Trinajstić information content (AvgIpc) is 3.17. The number of amides is 12. The Balaban J connectivity index is 1.17. The molecule has 3 fully saturated rings. The monoisotopic (exact) mass is 749 g/mol. The molecule has 16 nitrogen and oxygen atoms in total. The Hall–Kier alpha value is -6.55. The number of urea groups is 3. The third kappa shape index (κ3) is 8.98. The first kappa shape index (κ1) is 38.2. The molecule has 3 aliphatic rings. The van der Waals surface area contributed by atoms with Gasteiger partial charge in [0.15, 0.2) is 0 Å². The molecule has 0 saturated carbocycles. The second-order valence-electron chi connectivity index (χ2n) is 13.4. The standard InChI is InChI=1S/C39H39N7O9/c47-31-28(22-25-10-4-1-5-11-25)34(50)44(37(53)40-31)19-16-43(17-20-45-35(51)29(32(48)41-38(45)54)23-26-12-6-2-7-13-26)18-21-46-36(52)30(33(49)42-39(46)55)24-27-14-8-3-9-15-27/h1-15,28-30H,16-24H2,(H,40,47,53)(H,41,48,54)(H,42,49,55). The van der Waals surface area contributed by atoms with Crippen LogP contribution in [-0.4, -0.2) is 112 Å². The van der Waals surface area contributed by atoms with Crippen molar-refractivity contribution in [3.05, 3.63) is 108 Å². The SMILES string of the molecule is O=C1NC(=O)N(CCN(CCN2C(=O)NC(=O)C(Cc3ccccc3)C2=O)CCN2C(=O)NC(=O)C(Cc3ccccc3)C2=O)C(=O)C1Cc1ccccc1. The summed E-state index contributed by atoms with van der Waals surface area (Å²) in [4.78, 5) is 122. The molecule has 0 bridgehead atoms. The molecule has 55 heavy (non-hydrogen) atoms. The highest BCUT2D eigenvalue weighted by molar-refractivity contribution is 6.17. The van der Waals surface area contributed by atoms with Crippen LogP contribution in [0.1, 0.15) is 16.7 Å². The third-order valence-electron chi connectivity index (χ3n) is 9.84. The van der Waals surface area contributed by atoms with Crippen LogP contribution in [0.2, 0.25) is 0 Å². The van der Waals surface area contributed by atoms with Gasteiger partial charge in [-0.1, -0.05) is 91.0 Å². The molecule has 3 saturated heterocycles. The predicted molar refractivity (Wildman–Crippen MR) is 193 cm³/mol. The number of hydrogen-bond donors (Lipinski definition) is 3. The number of carbonyl (C=O) groups excluding carboxylic acids is 9. The molecule has 3 N–H and O–H groups in total. The molecule has 3 aliphatic heterocycles. The highest BCUT2D eigenvalue weighted by Gasteiger charge is 2.43. The van der Waals surface area contributed by atoms with E-state index in [0.717, 1.165) is 14.7 Å². The van der Waals surface area contributed by atoms with E-state index in [4.69, 9.17) is 0 Å². The summed E-state index contributed by atoms with van der Waals surface area (Å²) in [5.41, 5.74) is 2.15. The van der Waals surface area contributed by atoms with Crippen molar-refractivity contribution in [3.63, 3.8) is 0 Å². The number of hydrogen-bond acceptors (Lipinski definition) is 10. The van der Waals surface area contributed by atoms with Crippen LogP contribution in [0.3, 0.4) is 0 Å². The van der Waals surface area contributed by atoms with Gasteiger partial charge in [-0.2, -0.15) is 0 Å². The smallest absolute Gasteiger partial charge is 0.298 e. The fourth-order valence-electron chi connectivity index (χ4n) is 6.77. The van der Waals surface area contributed by atoms with Crippen LogP contribution < -0.4 is 16.0 Å². The van der Waals surface area contributed by atoms with Crippen LogP contribution in [-0.2, 0) is 48.0 Å². The maximum atomic E-state index is 13.5. The Morgan fingerprint density at radius 2 is 0.655 bits per heavy atom. The summed E-state index contributed by atoms with van der Waals surface area (Å²) in [5, 5.41) is 6.71. The van der Waals surface area contributed by atoms with Crippen molar-refractivity contribution in [2.75, 3.05) is 39.3 Å². The maximum absolute atomic E-state index is 13.5. The van der Waals surface area contributed by atoms with Crippen LogP contribution in [0.25, 0.3) is 0 Å². The third-order valence-corrected chi connectivity index (χ3v) is 9.84. The van der Waals surface area contributed by atoms with Crippen molar-refractivity contribution in [1.82, 2.24) is 35.6 Å². The molecule has 0 radical (unpaired) electrons. The van der Waals surface area contributed by atoms with Gasteiger partial charge in [0.05, 0.1) is 0 Å². The molecule has 12 amide bonds. The zero-order chi connectivity index (χ0) is 39.1. The Kier molecular flexibility index (Phi) is 11.8. The minimum absolute atomic E-state index is 0.0581. The van der Waals surface area contributed by atoms with E-state index < -0.39 is 71.3 Å². The molecular weight excluding hydrogens is 710 g/mol. The molecular formula is C39H39N7O9. The van der Waals surface area contributed by atoms with Gasteiger partial charge in [-0.05, 0) is 36.0 Å². The van der Waals surface area contributed by atoms with E-state index in [1.165, 1.54) is 0 Å². The number of benzene rings is 3. The predicted octanol–water partition coefficient (Wildman–Crippen LogP) is 1.10. The highest BCUT2D eigenvalue weighted by Crippen LogP contribution is 2.20. The Bertz CT molecular complexity index is 1770. The van der Waals surface area contributed by atoms with Gasteiger partial charge >= 0.3 is 18.1 Å². The zero-order valence-electron chi connectivity index (χ0n) is 29.7. The summed E-state index contributed by atoms with van der Waals surface area (Å²) < 4.78 is 0. The van der Waals surface area contributed by atoms with E-state index in [-0.39, 0.29) is 58.5 Å². The molecule has 6 rings (SSSR count). The van der Waals surface area contributed by atoms with Gasteiger partial charge in [-0.3, -0.25) is 64.3 Å². The second-order valence-corrected chi connectivity index (χ2v) is 13.4. The fourth-order valence-corrected chi connectivity index (χ4v) is 6.77. The van der Waals surface area contributed by atoms with Crippen molar-refractivity contribution in [3.8, 4) is 0 Å². The first-order valence-electron chi connectivity index (χ1n) is 17.8. The number of nitrogens with zero attached hydrogens (tertiary/aromatic N) is 4. The van der Waals surface area contributed by atoms with E-state index in [0.29, 0.717) is 16.7 Å². The lowest BCUT2D eigenvalue weighted by atomic mass is 9.95. The maximum Gasteiger partial charge on any atom is 0.330 e. The van der Waals surface area contributed by atoms with Gasteiger partial charge in [0.25, 0.3) is 0 Å². The number of carbonyl (C=O) groups is 9. The zero-order valence-corrected chi connectivity index (χ0v) is 29.7. The van der Waals surface area contributed by atoms with Crippen LogP contribution >= 0.6 is 0 Å². The number of nitrogens with one attached hydrogen (secondary N) is 3. The lowest BCUT2D eigenvalue weighted by Gasteiger charge is -2.35. The van der Waals surface area contributed by atoms with Crippen LogP contribution in [0.5, 0.6) is 0 Å². The van der Waals surface area contributed by atoms with Crippen LogP contribution in [0.15, 0.2) is 91.0 Å². The molecule has 0 aliphatic carbocycles. The largest absolute Gasteiger partial charge is 0.330 e. The topological polar surface area (TPSA) is 203 Å². The number of rotatable bonds is 15. The number of imide groups is 6. The second kappa shape index (κ2) is 17.1. The Morgan fingerprint density at radius 1 is 0.400 bits per heavy atom. The molecule has 3 aromatic carbocycles. The molecule has 3 atom stereocenters. The minimum Gasteiger partial charge on any atom is -0.298 e. The van der Waals surface area contributed by atoms with E-state index in [2.05, 4.69) is 16.0 Å². The lowest BCUT2D eigenvalue weighted by molar-refractivity contribution is -0.144. The van der Waals surface area contributed by atoms with E-state index in [9.17, 15) is 43.2 Å². The molecule has 16 heteroatoms. The van der Waals surface area contributed by atoms with E-state index in [1.54, 1.807) is 95.9 Å². The number of barbiturate groups is 3. The van der Waals surface area contributed by atoms with Gasteiger partial charge < -0.3 is 0 Å². The van der Waals surface area contributed by atoms with Gasteiger partial charge in [0, 0.05) is 39.3 Å². The van der Waals surface area contributed by atoms with Gasteiger partial charge in [-0.25, -0.2) is 14.4 Å². The first-order valence-corrected chi connectivity index (χ1v) is 17.8. The van der Waals surface area contributed by atoms with Crippen LogP contribution in [0.4, 0.5) is 14.4 Å². The van der Waals surface area contributed by atoms with E-state index in [1.807, 2.05) is 0 Å². The normalized spacial score (nSPS) is 20.6. The molecule has 3 heterocycles. The average molecular weight is 750 g/mol.